The molecule has 1 aromatic heterocycles. The van der Waals surface area contributed by atoms with Gasteiger partial charge in [0.1, 0.15) is 11.6 Å². The molecule has 1 aromatic carbocycles. The number of nitrogens with zero attached hydrogens (tertiary/aromatic N) is 3. The van der Waals surface area contributed by atoms with E-state index in [4.69, 9.17) is 0 Å². The zero-order chi connectivity index (χ0) is 17.1. The Morgan fingerprint density at radius 3 is 2.58 bits per heavy atom. The van der Waals surface area contributed by atoms with Gasteiger partial charge in [-0.3, -0.25) is 0 Å². The first kappa shape index (κ1) is 16.2. The lowest BCUT2D eigenvalue weighted by Crippen LogP contribution is -2.55. The van der Waals surface area contributed by atoms with Crippen molar-refractivity contribution < 1.29 is 13.6 Å². The number of pyridine rings is 1. The molecule has 1 aliphatic heterocycles. The number of urea groups is 1. The van der Waals surface area contributed by atoms with Gasteiger partial charge in [-0.15, -0.1) is 0 Å². The molecule has 0 saturated carbocycles. The van der Waals surface area contributed by atoms with Crippen molar-refractivity contribution in [1.82, 2.24) is 9.88 Å². The Bertz CT molecular complexity index is 723. The number of nitrogens with one attached hydrogen (secondary N) is 1. The monoisotopic (exact) mass is 332 g/mol. The van der Waals surface area contributed by atoms with Crippen LogP contribution >= 0.6 is 0 Å². The summed E-state index contributed by atoms with van der Waals surface area (Å²) >= 11 is 0. The molecule has 1 aliphatic rings. The molecule has 0 bridgehead atoms. The topological polar surface area (TPSA) is 48.5 Å². The van der Waals surface area contributed by atoms with E-state index in [9.17, 15) is 13.6 Å². The van der Waals surface area contributed by atoms with Gasteiger partial charge in [-0.1, -0.05) is 6.07 Å². The van der Waals surface area contributed by atoms with Crippen LogP contribution in [0.1, 0.15) is 6.92 Å². The van der Waals surface area contributed by atoms with Crippen molar-refractivity contribution in [2.75, 3.05) is 29.9 Å². The number of piperazine rings is 1. The molecule has 2 aromatic rings. The predicted octanol–water partition coefficient (Wildman–Crippen LogP) is 3.10. The fraction of sp³-hybridized carbons (Fsp3) is 0.294. The number of amides is 2. The number of carbonyl (C=O) groups excluding carboxylic acids is 1. The van der Waals surface area contributed by atoms with E-state index in [1.165, 1.54) is 30.3 Å². The SMILES string of the molecule is CC1CN(C(=O)Nc2ccc(F)cc2)CCN1c1cccc(F)n1. The van der Waals surface area contributed by atoms with Gasteiger partial charge >= 0.3 is 6.03 Å². The average Bonchev–Trinajstić information content (AvgIpc) is 2.57. The fourth-order valence-corrected chi connectivity index (χ4v) is 2.78. The number of hydrogen-bond donors (Lipinski definition) is 1. The number of benzene rings is 1. The van der Waals surface area contributed by atoms with Crippen LogP contribution in [0.15, 0.2) is 42.5 Å². The summed E-state index contributed by atoms with van der Waals surface area (Å²) in [5, 5.41) is 2.75. The molecule has 7 heteroatoms. The summed E-state index contributed by atoms with van der Waals surface area (Å²) in [4.78, 5) is 19.9. The molecule has 1 N–H and O–H groups in total. The smallest absolute Gasteiger partial charge is 0.321 e. The van der Waals surface area contributed by atoms with Crippen LogP contribution in [0.2, 0.25) is 0 Å². The van der Waals surface area contributed by atoms with Gasteiger partial charge in [-0.2, -0.15) is 4.39 Å². The Morgan fingerprint density at radius 2 is 1.92 bits per heavy atom. The van der Waals surface area contributed by atoms with E-state index < -0.39 is 5.95 Å². The standard InChI is InChI=1S/C17H18F2N4O/c1-12-11-22(17(24)20-14-7-5-13(18)6-8-14)9-10-23(12)16-4-2-3-15(19)21-16/h2-8,12H,9-11H2,1H3,(H,20,24). The molecule has 0 radical (unpaired) electrons. The first-order valence-electron chi connectivity index (χ1n) is 7.73. The predicted molar refractivity (Wildman–Crippen MR) is 88.0 cm³/mol. The van der Waals surface area contributed by atoms with E-state index in [0.29, 0.717) is 31.1 Å². The van der Waals surface area contributed by atoms with Crippen LogP contribution in [0.3, 0.4) is 0 Å². The van der Waals surface area contributed by atoms with Crippen molar-refractivity contribution in [3.8, 4) is 0 Å². The van der Waals surface area contributed by atoms with Crippen molar-refractivity contribution in [2.24, 2.45) is 0 Å². The molecule has 2 amide bonds. The number of halogens is 2. The van der Waals surface area contributed by atoms with Crippen molar-refractivity contribution in [3.05, 3.63) is 54.2 Å². The number of carbonyl (C=O) groups is 1. The Kier molecular flexibility index (Phi) is 4.59. The van der Waals surface area contributed by atoms with Crippen molar-refractivity contribution in [1.29, 1.82) is 0 Å². The van der Waals surface area contributed by atoms with E-state index in [1.54, 1.807) is 17.0 Å². The molecule has 1 fully saturated rings. The first-order chi connectivity index (χ1) is 11.5. The second-order valence-corrected chi connectivity index (χ2v) is 5.74. The maximum Gasteiger partial charge on any atom is 0.321 e. The third-order valence-electron chi connectivity index (χ3n) is 4.00. The van der Waals surface area contributed by atoms with Crippen LogP contribution in [0.25, 0.3) is 0 Å². The van der Waals surface area contributed by atoms with E-state index in [-0.39, 0.29) is 17.9 Å². The van der Waals surface area contributed by atoms with Gasteiger partial charge in [-0.05, 0) is 43.3 Å². The summed E-state index contributed by atoms with van der Waals surface area (Å²) in [6, 6.07) is 10.1. The highest BCUT2D eigenvalue weighted by Crippen LogP contribution is 2.19. The fourth-order valence-electron chi connectivity index (χ4n) is 2.78. The summed E-state index contributed by atoms with van der Waals surface area (Å²) in [6.07, 6.45) is 0. The van der Waals surface area contributed by atoms with Gasteiger partial charge in [0.25, 0.3) is 0 Å². The Morgan fingerprint density at radius 1 is 1.17 bits per heavy atom. The van der Waals surface area contributed by atoms with E-state index in [0.717, 1.165) is 0 Å². The second kappa shape index (κ2) is 6.82. The lowest BCUT2D eigenvalue weighted by molar-refractivity contribution is 0.200. The van der Waals surface area contributed by atoms with E-state index >= 15 is 0 Å². The second-order valence-electron chi connectivity index (χ2n) is 5.74. The lowest BCUT2D eigenvalue weighted by Gasteiger charge is -2.40. The number of aromatic nitrogens is 1. The van der Waals surface area contributed by atoms with Crippen LogP contribution in [0.5, 0.6) is 0 Å². The molecule has 1 atom stereocenters. The molecule has 1 unspecified atom stereocenters. The molecule has 2 heterocycles. The normalized spacial score (nSPS) is 17.7. The van der Waals surface area contributed by atoms with Gasteiger partial charge in [0.2, 0.25) is 5.95 Å². The third kappa shape index (κ3) is 3.61. The van der Waals surface area contributed by atoms with Gasteiger partial charge in [0, 0.05) is 31.4 Å². The lowest BCUT2D eigenvalue weighted by atomic mass is 10.2. The van der Waals surface area contributed by atoms with E-state index in [1.807, 2.05) is 11.8 Å². The van der Waals surface area contributed by atoms with Crippen molar-refractivity contribution >= 4 is 17.5 Å². The molecule has 5 nitrogen and oxygen atoms in total. The minimum atomic E-state index is -0.517. The molecule has 0 aliphatic carbocycles. The molecule has 126 valence electrons. The molecular formula is C17H18F2N4O. The van der Waals surface area contributed by atoms with Crippen LogP contribution in [0.4, 0.5) is 25.1 Å². The summed E-state index contributed by atoms with van der Waals surface area (Å²) in [7, 11) is 0. The van der Waals surface area contributed by atoms with Crippen LogP contribution in [-0.4, -0.2) is 41.6 Å². The Hall–Kier alpha value is -2.70. The number of anilines is 2. The highest BCUT2D eigenvalue weighted by molar-refractivity contribution is 5.89. The minimum absolute atomic E-state index is 0.00650. The maximum atomic E-state index is 13.3. The minimum Gasteiger partial charge on any atom is -0.350 e. The summed E-state index contributed by atoms with van der Waals surface area (Å²) in [5.74, 6) is -0.296. The summed E-state index contributed by atoms with van der Waals surface area (Å²) in [6.45, 7) is 3.51. The Labute approximate surface area is 138 Å². The van der Waals surface area contributed by atoms with Gasteiger partial charge in [0.05, 0.1) is 0 Å². The van der Waals surface area contributed by atoms with E-state index in [2.05, 4.69) is 10.3 Å². The zero-order valence-electron chi connectivity index (χ0n) is 13.2. The molecule has 1 saturated heterocycles. The zero-order valence-corrected chi connectivity index (χ0v) is 13.2. The van der Waals surface area contributed by atoms with Gasteiger partial charge in [-0.25, -0.2) is 14.2 Å². The quantitative estimate of drug-likeness (QED) is 0.860. The molecular weight excluding hydrogens is 314 g/mol. The molecule has 0 spiro atoms. The third-order valence-corrected chi connectivity index (χ3v) is 4.00. The highest BCUT2D eigenvalue weighted by atomic mass is 19.1. The summed E-state index contributed by atoms with van der Waals surface area (Å²) in [5.41, 5.74) is 0.545. The number of rotatable bonds is 2. The average molecular weight is 332 g/mol. The maximum absolute atomic E-state index is 13.3. The van der Waals surface area contributed by atoms with Crippen LogP contribution < -0.4 is 10.2 Å². The first-order valence-corrected chi connectivity index (χ1v) is 7.73. The van der Waals surface area contributed by atoms with Crippen molar-refractivity contribution in [3.63, 3.8) is 0 Å². The number of hydrogen-bond acceptors (Lipinski definition) is 3. The van der Waals surface area contributed by atoms with Gasteiger partial charge < -0.3 is 15.1 Å². The van der Waals surface area contributed by atoms with Crippen molar-refractivity contribution in [2.45, 2.75) is 13.0 Å². The highest BCUT2D eigenvalue weighted by Gasteiger charge is 2.27. The largest absolute Gasteiger partial charge is 0.350 e. The summed E-state index contributed by atoms with van der Waals surface area (Å²) < 4.78 is 26.2. The van der Waals surface area contributed by atoms with Gasteiger partial charge in [0.15, 0.2) is 0 Å². The molecule has 24 heavy (non-hydrogen) atoms. The van der Waals surface area contributed by atoms with Crippen LogP contribution in [0, 0.1) is 11.8 Å². The molecule has 3 rings (SSSR count). The van der Waals surface area contributed by atoms with Crippen LogP contribution in [-0.2, 0) is 0 Å². The Balaban J connectivity index is 1.62.